The number of aryl methyl sites for hydroxylation is 1. The summed E-state index contributed by atoms with van der Waals surface area (Å²) in [5, 5.41) is 3.47. The second-order valence-electron chi connectivity index (χ2n) is 7.44. The van der Waals surface area contributed by atoms with E-state index in [1.54, 1.807) is 35.4 Å². The van der Waals surface area contributed by atoms with Gasteiger partial charge in [-0.1, -0.05) is 18.2 Å². The Kier molecular flexibility index (Phi) is 4.92. The molecule has 29 heavy (non-hydrogen) atoms. The van der Waals surface area contributed by atoms with E-state index in [0.717, 1.165) is 16.9 Å². The molecular weight excluding hydrogens is 367 g/mol. The van der Waals surface area contributed by atoms with Crippen LogP contribution in [0.1, 0.15) is 33.3 Å². The molecule has 3 aromatic rings. The van der Waals surface area contributed by atoms with E-state index in [2.05, 4.69) is 34.3 Å². The number of anilines is 2. The first-order valence-electron chi connectivity index (χ1n) is 9.49. The summed E-state index contributed by atoms with van der Waals surface area (Å²) in [7, 11) is 4.01. The lowest BCUT2D eigenvalue weighted by molar-refractivity contribution is 0.0728. The first-order valence-corrected chi connectivity index (χ1v) is 9.49. The first kappa shape index (κ1) is 18.9. The van der Waals surface area contributed by atoms with Gasteiger partial charge < -0.3 is 15.1 Å². The number of aromatic nitrogens is 1. The van der Waals surface area contributed by atoms with Gasteiger partial charge in [0.1, 0.15) is 12.0 Å². The molecule has 6 heteroatoms. The fourth-order valence-corrected chi connectivity index (χ4v) is 3.67. The molecule has 0 saturated heterocycles. The van der Waals surface area contributed by atoms with Crippen LogP contribution >= 0.6 is 0 Å². The number of benzene rings is 2. The van der Waals surface area contributed by atoms with Crippen LogP contribution in [-0.2, 0) is 6.54 Å². The van der Waals surface area contributed by atoms with E-state index in [1.807, 2.05) is 20.2 Å². The van der Waals surface area contributed by atoms with Crippen molar-refractivity contribution in [3.05, 3.63) is 89.0 Å². The van der Waals surface area contributed by atoms with E-state index in [0.29, 0.717) is 17.8 Å². The van der Waals surface area contributed by atoms with Crippen molar-refractivity contribution in [3.8, 4) is 0 Å². The highest BCUT2D eigenvalue weighted by molar-refractivity contribution is 5.98. The Morgan fingerprint density at radius 3 is 2.62 bits per heavy atom. The van der Waals surface area contributed by atoms with Crippen molar-refractivity contribution in [2.75, 3.05) is 24.3 Å². The first-order chi connectivity index (χ1) is 13.9. The van der Waals surface area contributed by atoms with Crippen molar-refractivity contribution >= 4 is 17.3 Å². The number of rotatable bonds is 5. The summed E-state index contributed by atoms with van der Waals surface area (Å²) in [6.07, 6.45) is 1.30. The van der Waals surface area contributed by atoms with Crippen LogP contribution in [0.2, 0.25) is 0 Å². The Balaban J connectivity index is 1.68. The molecule has 0 unspecified atom stereocenters. The Labute approximate surface area is 169 Å². The number of pyridine rings is 1. The SMILES string of the molecule is Cc1ccc(N[C@H]2c3ncccc3C(=O)N2Cc2ccc(F)cc2)cc1N(C)C. The van der Waals surface area contributed by atoms with Gasteiger partial charge in [-0.15, -0.1) is 0 Å². The molecule has 0 spiro atoms. The lowest BCUT2D eigenvalue weighted by Gasteiger charge is -2.27. The van der Waals surface area contributed by atoms with Crippen molar-refractivity contribution in [1.29, 1.82) is 0 Å². The second kappa shape index (κ2) is 7.54. The zero-order valence-corrected chi connectivity index (χ0v) is 16.7. The molecule has 0 radical (unpaired) electrons. The highest BCUT2D eigenvalue weighted by Gasteiger charge is 2.37. The summed E-state index contributed by atoms with van der Waals surface area (Å²) in [6.45, 7) is 2.43. The average molecular weight is 390 g/mol. The highest BCUT2D eigenvalue weighted by atomic mass is 19.1. The summed E-state index contributed by atoms with van der Waals surface area (Å²) < 4.78 is 13.3. The molecule has 0 aliphatic carbocycles. The van der Waals surface area contributed by atoms with Crippen molar-refractivity contribution in [3.63, 3.8) is 0 Å². The van der Waals surface area contributed by atoms with Gasteiger partial charge in [0.05, 0.1) is 11.3 Å². The van der Waals surface area contributed by atoms with E-state index >= 15 is 0 Å². The summed E-state index contributed by atoms with van der Waals surface area (Å²) in [6, 6.07) is 15.9. The predicted molar refractivity (Wildman–Crippen MR) is 112 cm³/mol. The molecule has 1 amide bonds. The molecule has 1 aliphatic heterocycles. The minimum absolute atomic E-state index is 0.0881. The van der Waals surface area contributed by atoms with Gasteiger partial charge >= 0.3 is 0 Å². The number of nitrogens with zero attached hydrogens (tertiary/aromatic N) is 3. The minimum atomic E-state index is -0.401. The summed E-state index contributed by atoms with van der Waals surface area (Å²) in [5.74, 6) is -0.383. The average Bonchev–Trinajstić information content (AvgIpc) is 2.97. The maximum Gasteiger partial charge on any atom is 0.258 e. The van der Waals surface area contributed by atoms with Gasteiger partial charge in [0.25, 0.3) is 5.91 Å². The van der Waals surface area contributed by atoms with Gasteiger partial charge in [-0.05, 0) is 54.4 Å². The number of carbonyl (C=O) groups excluding carboxylic acids is 1. The molecule has 2 aromatic carbocycles. The molecular formula is C23H23FN4O. The number of halogens is 1. The number of hydrogen-bond donors (Lipinski definition) is 1. The van der Waals surface area contributed by atoms with Crippen molar-refractivity contribution < 1.29 is 9.18 Å². The van der Waals surface area contributed by atoms with E-state index in [4.69, 9.17) is 0 Å². The summed E-state index contributed by atoms with van der Waals surface area (Å²) in [5.41, 5.74) is 5.32. The Morgan fingerprint density at radius 1 is 1.14 bits per heavy atom. The fourth-order valence-electron chi connectivity index (χ4n) is 3.67. The second-order valence-corrected chi connectivity index (χ2v) is 7.44. The van der Waals surface area contributed by atoms with Crippen LogP contribution in [0.25, 0.3) is 0 Å². The van der Waals surface area contributed by atoms with Gasteiger partial charge in [0.2, 0.25) is 0 Å². The number of amides is 1. The van der Waals surface area contributed by atoms with Crippen LogP contribution in [-0.4, -0.2) is 29.9 Å². The zero-order valence-electron chi connectivity index (χ0n) is 16.7. The highest BCUT2D eigenvalue weighted by Crippen LogP contribution is 2.35. The molecule has 4 rings (SSSR count). The summed E-state index contributed by atoms with van der Waals surface area (Å²) in [4.78, 5) is 21.3. The van der Waals surface area contributed by atoms with Crippen LogP contribution < -0.4 is 10.2 Å². The Morgan fingerprint density at radius 2 is 1.90 bits per heavy atom. The van der Waals surface area contributed by atoms with Crippen LogP contribution in [0.15, 0.2) is 60.8 Å². The van der Waals surface area contributed by atoms with Gasteiger partial charge in [0, 0.05) is 38.2 Å². The van der Waals surface area contributed by atoms with Crippen LogP contribution in [0.4, 0.5) is 15.8 Å². The monoisotopic (exact) mass is 390 g/mol. The topological polar surface area (TPSA) is 48.5 Å². The third-order valence-corrected chi connectivity index (χ3v) is 5.16. The molecule has 0 saturated carbocycles. The van der Waals surface area contributed by atoms with Crippen LogP contribution in [0.3, 0.4) is 0 Å². The molecule has 1 N–H and O–H groups in total. The standard InChI is InChI=1S/C23H23FN4O/c1-15-6-11-18(13-20(15)27(2)3)26-22-21-19(5-4-12-25-21)23(29)28(22)14-16-7-9-17(24)10-8-16/h4-13,22,26H,14H2,1-3H3/t22-/m1/s1. The number of hydrogen-bond acceptors (Lipinski definition) is 4. The molecule has 1 aliphatic rings. The van der Waals surface area contributed by atoms with Crippen LogP contribution in [0.5, 0.6) is 0 Å². The van der Waals surface area contributed by atoms with Gasteiger partial charge in [-0.2, -0.15) is 0 Å². The Bertz CT molecular complexity index is 1050. The third-order valence-electron chi connectivity index (χ3n) is 5.16. The van der Waals surface area contributed by atoms with Crippen molar-refractivity contribution in [2.24, 2.45) is 0 Å². The quantitative estimate of drug-likeness (QED) is 0.703. The Hall–Kier alpha value is -3.41. The van der Waals surface area contributed by atoms with Crippen LogP contribution in [0, 0.1) is 12.7 Å². The van der Waals surface area contributed by atoms with Gasteiger partial charge in [-0.3, -0.25) is 9.78 Å². The van der Waals surface area contributed by atoms with E-state index < -0.39 is 6.17 Å². The zero-order chi connectivity index (χ0) is 20.5. The maximum absolute atomic E-state index is 13.3. The molecule has 5 nitrogen and oxygen atoms in total. The van der Waals surface area contributed by atoms with E-state index in [1.165, 1.54) is 17.7 Å². The fraction of sp³-hybridized carbons (Fsp3) is 0.217. The molecule has 0 bridgehead atoms. The molecule has 1 atom stereocenters. The number of carbonyl (C=O) groups is 1. The summed E-state index contributed by atoms with van der Waals surface area (Å²) >= 11 is 0. The molecule has 148 valence electrons. The smallest absolute Gasteiger partial charge is 0.258 e. The van der Waals surface area contributed by atoms with Gasteiger partial charge in [-0.25, -0.2) is 4.39 Å². The minimum Gasteiger partial charge on any atom is -0.377 e. The maximum atomic E-state index is 13.3. The normalized spacial score (nSPS) is 15.4. The third kappa shape index (κ3) is 3.66. The molecule has 2 heterocycles. The lowest BCUT2D eigenvalue weighted by atomic mass is 10.1. The van der Waals surface area contributed by atoms with Gasteiger partial charge in [0.15, 0.2) is 0 Å². The van der Waals surface area contributed by atoms with Crippen molar-refractivity contribution in [2.45, 2.75) is 19.6 Å². The predicted octanol–water partition coefficient (Wildman–Crippen LogP) is 4.36. The van der Waals surface area contributed by atoms with E-state index in [9.17, 15) is 9.18 Å². The number of nitrogens with one attached hydrogen (secondary N) is 1. The van der Waals surface area contributed by atoms with Crippen molar-refractivity contribution in [1.82, 2.24) is 9.88 Å². The molecule has 1 aromatic heterocycles. The largest absolute Gasteiger partial charge is 0.377 e. The lowest BCUT2D eigenvalue weighted by Crippen LogP contribution is -2.32. The van der Waals surface area contributed by atoms with E-state index in [-0.39, 0.29) is 11.7 Å². The number of fused-ring (bicyclic) bond motifs is 1. The molecule has 0 fully saturated rings.